The lowest BCUT2D eigenvalue weighted by molar-refractivity contribution is 0.0880. The van der Waals surface area contributed by atoms with E-state index in [1.807, 2.05) is 16.8 Å². The third-order valence-electron chi connectivity index (χ3n) is 4.43. The Hall–Kier alpha value is -0.770. The lowest BCUT2D eigenvalue weighted by atomic mass is 9.78. The third kappa shape index (κ3) is 3.46. The fourth-order valence-corrected chi connectivity index (χ4v) is 3.77. The van der Waals surface area contributed by atoms with E-state index < -0.39 is 0 Å². The monoisotopic (exact) mass is 340 g/mol. The van der Waals surface area contributed by atoms with E-state index >= 15 is 0 Å². The number of hydrogen-bond acceptors (Lipinski definition) is 1. The summed E-state index contributed by atoms with van der Waals surface area (Å²) in [6.45, 7) is 7.40. The quantitative estimate of drug-likeness (QED) is 0.874. The minimum Gasteiger partial charge on any atom is -0.348 e. The van der Waals surface area contributed by atoms with E-state index in [9.17, 15) is 4.79 Å². The average molecular weight is 341 g/mol. The number of carbonyl (C=O) groups is 1. The molecule has 0 aliphatic heterocycles. The van der Waals surface area contributed by atoms with Crippen molar-refractivity contribution in [3.63, 3.8) is 0 Å². The summed E-state index contributed by atoms with van der Waals surface area (Å²) in [5.74, 6) is 1.31. The highest BCUT2D eigenvalue weighted by Crippen LogP contribution is 2.30. The van der Waals surface area contributed by atoms with Gasteiger partial charge in [0.25, 0.3) is 5.91 Å². The van der Waals surface area contributed by atoms with Crippen molar-refractivity contribution in [1.29, 1.82) is 0 Å². The molecule has 2 unspecified atom stereocenters. The van der Waals surface area contributed by atoms with Crippen LogP contribution in [0.15, 0.2) is 16.7 Å². The van der Waals surface area contributed by atoms with Crippen molar-refractivity contribution in [2.24, 2.45) is 11.8 Å². The summed E-state index contributed by atoms with van der Waals surface area (Å²) >= 11 is 3.45. The molecule has 1 heterocycles. The molecule has 1 saturated carbocycles. The first-order valence-corrected chi connectivity index (χ1v) is 8.48. The number of nitrogens with zero attached hydrogens (tertiary/aromatic N) is 1. The normalized spacial score (nSPS) is 23.1. The molecule has 2 atom stereocenters. The van der Waals surface area contributed by atoms with Crippen LogP contribution in [0.5, 0.6) is 0 Å². The van der Waals surface area contributed by atoms with Gasteiger partial charge in [-0.05, 0) is 53.6 Å². The van der Waals surface area contributed by atoms with Gasteiger partial charge in [-0.25, -0.2) is 0 Å². The Morgan fingerprint density at radius 3 is 2.80 bits per heavy atom. The van der Waals surface area contributed by atoms with E-state index in [4.69, 9.17) is 0 Å². The van der Waals surface area contributed by atoms with Crippen molar-refractivity contribution < 1.29 is 4.79 Å². The SMILES string of the molecule is CCn1cc(Br)cc1C(=O)NC1CCCCC1C(C)C. The van der Waals surface area contributed by atoms with Gasteiger partial charge in [-0.15, -0.1) is 0 Å². The summed E-state index contributed by atoms with van der Waals surface area (Å²) < 4.78 is 2.96. The zero-order valence-electron chi connectivity index (χ0n) is 12.7. The number of aromatic nitrogens is 1. The van der Waals surface area contributed by atoms with Crippen LogP contribution in [0, 0.1) is 11.8 Å². The molecule has 0 radical (unpaired) electrons. The Morgan fingerprint density at radius 1 is 1.45 bits per heavy atom. The van der Waals surface area contributed by atoms with Crippen LogP contribution in [0.1, 0.15) is 56.9 Å². The maximum Gasteiger partial charge on any atom is 0.268 e. The smallest absolute Gasteiger partial charge is 0.268 e. The maximum atomic E-state index is 12.5. The van der Waals surface area contributed by atoms with E-state index in [1.54, 1.807) is 0 Å². The fraction of sp³-hybridized carbons (Fsp3) is 0.688. The predicted octanol–water partition coefficient (Wildman–Crippen LogP) is 4.22. The summed E-state index contributed by atoms with van der Waals surface area (Å²) in [7, 11) is 0. The highest BCUT2D eigenvalue weighted by molar-refractivity contribution is 9.10. The number of amides is 1. The van der Waals surface area contributed by atoms with Crippen molar-refractivity contribution in [1.82, 2.24) is 9.88 Å². The van der Waals surface area contributed by atoms with Gasteiger partial charge in [-0.2, -0.15) is 0 Å². The first-order valence-electron chi connectivity index (χ1n) is 7.69. The van der Waals surface area contributed by atoms with Gasteiger partial charge in [-0.3, -0.25) is 4.79 Å². The molecular weight excluding hydrogens is 316 g/mol. The largest absolute Gasteiger partial charge is 0.348 e. The average Bonchev–Trinajstić information content (AvgIpc) is 2.80. The number of hydrogen-bond donors (Lipinski definition) is 1. The summed E-state index contributed by atoms with van der Waals surface area (Å²) in [6.07, 6.45) is 6.85. The number of nitrogens with one attached hydrogen (secondary N) is 1. The molecule has 1 fully saturated rings. The third-order valence-corrected chi connectivity index (χ3v) is 4.86. The number of halogens is 1. The maximum absolute atomic E-state index is 12.5. The van der Waals surface area contributed by atoms with Gasteiger partial charge >= 0.3 is 0 Å². The van der Waals surface area contributed by atoms with E-state index in [2.05, 4.69) is 42.0 Å². The molecule has 20 heavy (non-hydrogen) atoms. The Morgan fingerprint density at radius 2 is 2.15 bits per heavy atom. The zero-order chi connectivity index (χ0) is 14.7. The molecule has 2 rings (SSSR count). The van der Waals surface area contributed by atoms with Crippen LogP contribution in [-0.2, 0) is 6.54 Å². The molecule has 1 aromatic rings. The van der Waals surface area contributed by atoms with Crippen LogP contribution >= 0.6 is 15.9 Å². The van der Waals surface area contributed by atoms with Crippen LogP contribution in [0.2, 0.25) is 0 Å². The van der Waals surface area contributed by atoms with Gasteiger partial charge in [0, 0.05) is 23.3 Å². The molecule has 0 saturated heterocycles. The molecule has 1 N–H and O–H groups in total. The van der Waals surface area contributed by atoms with E-state index in [-0.39, 0.29) is 5.91 Å². The van der Waals surface area contributed by atoms with E-state index in [0.29, 0.717) is 17.9 Å². The number of aryl methyl sites for hydroxylation is 1. The molecule has 3 nitrogen and oxygen atoms in total. The summed E-state index contributed by atoms with van der Waals surface area (Å²) in [6, 6.07) is 2.24. The molecule has 0 spiro atoms. The van der Waals surface area contributed by atoms with Gasteiger partial charge in [0.15, 0.2) is 0 Å². The van der Waals surface area contributed by atoms with Crippen LogP contribution in [-0.4, -0.2) is 16.5 Å². The van der Waals surface area contributed by atoms with Crippen molar-refractivity contribution in [3.05, 3.63) is 22.4 Å². The summed E-state index contributed by atoms with van der Waals surface area (Å²) in [5, 5.41) is 3.27. The van der Waals surface area contributed by atoms with Crippen LogP contribution in [0.4, 0.5) is 0 Å². The standard InChI is InChI=1S/C16H25BrN2O/c1-4-19-10-12(17)9-15(19)16(20)18-14-8-6-5-7-13(14)11(2)3/h9-11,13-14H,4-8H2,1-3H3,(H,18,20). The molecule has 1 amide bonds. The minimum atomic E-state index is 0.0649. The summed E-state index contributed by atoms with van der Waals surface area (Å²) in [4.78, 5) is 12.5. The Labute approximate surface area is 130 Å². The van der Waals surface area contributed by atoms with Crippen molar-refractivity contribution in [3.8, 4) is 0 Å². The molecular formula is C16H25BrN2O. The van der Waals surface area contributed by atoms with Crippen molar-refractivity contribution in [2.75, 3.05) is 0 Å². The van der Waals surface area contributed by atoms with Crippen molar-refractivity contribution in [2.45, 2.75) is 59.0 Å². The van der Waals surface area contributed by atoms with Crippen LogP contribution in [0.3, 0.4) is 0 Å². The van der Waals surface area contributed by atoms with Gasteiger partial charge < -0.3 is 9.88 Å². The van der Waals surface area contributed by atoms with E-state index in [1.165, 1.54) is 19.3 Å². The van der Waals surface area contributed by atoms with Crippen molar-refractivity contribution >= 4 is 21.8 Å². The molecule has 112 valence electrons. The lowest BCUT2D eigenvalue weighted by Gasteiger charge is -2.34. The number of rotatable bonds is 4. The fourth-order valence-electron chi connectivity index (χ4n) is 3.31. The molecule has 0 bridgehead atoms. The predicted molar refractivity (Wildman–Crippen MR) is 85.9 cm³/mol. The molecule has 1 aliphatic carbocycles. The summed E-state index contributed by atoms with van der Waals surface area (Å²) in [5.41, 5.74) is 0.757. The second-order valence-corrected chi connectivity index (χ2v) is 7.02. The number of carbonyl (C=O) groups excluding carboxylic acids is 1. The van der Waals surface area contributed by atoms with Gasteiger partial charge in [0.05, 0.1) is 0 Å². The van der Waals surface area contributed by atoms with Crippen LogP contribution < -0.4 is 5.32 Å². The Balaban J connectivity index is 2.09. The highest BCUT2D eigenvalue weighted by Gasteiger charge is 2.29. The molecule has 1 aromatic heterocycles. The van der Waals surface area contributed by atoms with Gasteiger partial charge in [-0.1, -0.05) is 26.7 Å². The second-order valence-electron chi connectivity index (χ2n) is 6.10. The molecule has 1 aliphatic rings. The highest BCUT2D eigenvalue weighted by atomic mass is 79.9. The first-order chi connectivity index (χ1) is 9.52. The molecule has 0 aromatic carbocycles. The Kier molecular flexibility index (Phi) is 5.30. The Bertz CT molecular complexity index is 467. The molecule has 4 heteroatoms. The van der Waals surface area contributed by atoms with Gasteiger partial charge in [0.1, 0.15) is 5.69 Å². The minimum absolute atomic E-state index is 0.0649. The first kappa shape index (κ1) is 15.6. The second kappa shape index (κ2) is 6.79. The van der Waals surface area contributed by atoms with Crippen LogP contribution in [0.25, 0.3) is 0 Å². The van der Waals surface area contributed by atoms with Gasteiger partial charge in [0.2, 0.25) is 0 Å². The zero-order valence-corrected chi connectivity index (χ0v) is 14.2. The van der Waals surface area contributed by atoms with E-state index in [0.717, 1.165) is 23.1 Å². The lowest BCUT2D eigenvalue weighted by Crippen LogP contribution is -2.44. The topological polar surface area (TPSA) is 34.0 Å².